The lowest BCUT2D eigenvalue weighted by molar-refractivity contribution is -0.130. The average molecular weight is 352 g/mol. The Morgan fingerprint density at radius 1 is 1.20 bits per heavy atom. The van der Waals surface area contributed by atoms with Gasteiger partial charge in [0.1, 0.15) is 6.54 Å². The summed E-state index contributed by atoms with van der Waals surface area (Å²) in [4.78, 5) is 30.7. The normalized spacial score (nSPS) is 26.8. The minimum absolute atomic E-state index is 0.0590. The van der Waals surface area contributed by atoms with Crippen molar-refractivity contribution in [1.29, 1.82) is 0 Å². The number of rotatable bonds is 4. The summed E-state index contributed by atoms with van der Waals surface area (Å²) in [5.74, 6) is 0.736. The fourth-order valence-electron chi connectivity index (χ4n) is 4.05. The van der Waals surface area contributed by atoms with Gasteiger partial charge in [-0.05, 0) is 38.5 Å². The van der Waals surface area contributed by atoms with Crippen LogP contribution in [-0.2, 0) is 9.53 Å². The summed E-state index contributed by atoms with van der Waals surface area (Å²) in [5, 5.41) is 3.15. The van der Waals surface area contributed by atoms with Crippen molar-refractivity contribution in [3.63, 3.8) is 0 Å². The smallest absolute Gasteiger partial charge is 0.318 e. The van der Waals surface area contributed by atoms with Crippen molar-refractivity contribution in [1.82, 2.24) is 20.0 Å². The number of hydrogen-bond donors (Lipinski definition) is 1. The molecule has 0 radical (unpaired) electrons. The highest BCUT2D eigenvalue weighted by atomic mass is 16.5. The Morgan fingerprint density at radius 2 is 2.00 bits per heavy atom. The number of likely N-dealkylation sites (tertiary alicyclic amines) is 1. The van der Waals surface area contributed by atoms with Gasteiger partial charge in [-0.3, -0.25) is 4.79 Å². The summed E-state index contributed by atoms with van der Waals surface area (Å²) in [6.07, 6.45) is 4.01. The molecule has 3 heterocycles. The van der Waals surface area contributed by atoms with Gasteiger partial charge in [-0.2, -0.15) is 0 Å². The molecular weight excluding hydrogens is 320 g/mol. The van der Waals surface area contributed by atoms with Gasteiger partial charge in [-0.15, -0.1) is 0 Å². The molecule has 0 aromatic carbocycles. The lowest BCUT2D eigenvalue weighted by Crippen LogP contribution is -2.51. The standard InChI is InChI=1S/C18H32N4O3/c1-2-21-7-3-8-22(13-17(21)23)18(24)19-16-4-9-20(10-5-16)12-15-6-11-25-14-15/h15-16H,2-14H2,1H3,(H,19,24)/t15-/m1/s1. The second kappa shape index (κ2) is 8.85. The summed E-state index contributed by atoms with van der Waals surface area (Å²) < 4.78 is 5.45. The highest BCUT2D eigenvalue weighted by Crippen LogP contribution is 2.18. The summed E-state index contributed by atoms with van der Waals surface area (Å²) in [5.41, 5.74) is 0. The maximum atomic E-state index is 12.5. The summed E-state index contributed by atoms with van der Waals surface area (Å²) in [7, 11) is 0. The first-order valence-electron chi connectivity index (χ1n) is 9.79. The van der Waals surface area contributed by atoms with Gasteiger partial charge in [0.05, 0.1) is 6.61 Å². The van der Waals surface area contributed by atoms with Gasteiger partial charge in [0.15, 0.2) is 0 Å². The van der Waals surface area contributed by atoms with E-state index in [9.17, 15) is 9.59 Å². The lowest BCUT2D eigenvalue weighted by Gasteiger charge is -2.34. The molecule has 0 aromatic rings. The van der Waals surface area contributed by atoms with Crippen molar-refractivity contribution in [3.8, 4) is 0 Å². The molecule has 0 aromatic heterocycles. The molecule has 7 heteroatoms. The van der Waals surface area contributed by atoms with Crippen LogP contribution >= 0.6 is 0 Å². The van der Waals surface area contributed by atoms with Gasteiger partial charge in [-0.25, -0.2) is 4.79 Å². The Labute approximate surface area is 150 Å². The Balaban J connectivity index is 1.40. The second-order valence-corrected chi connectivity index (χ2v) is 7.50. The number of nitrogens with zero attached hydrogens (tertiary/aromatic N) is 3. The molecule has 0 bridgehead atoms. The topological polar surface area (TPSA) is 65.1 Å². The van der Waals surface area contributed by atoms with Crippen LogP contribution in [0.2, 0.25) is 0 Å². The van der Waals surface area contributed by atoms with Crippen LogP contribution in [0.5, 0.6) is 0 Å². The molecule has 3 aliphatic heterocycles. The SMILES string of the molecule is CCN1CCCN(C(=O)NC2CCN(C[C@H]3CCOC3)CC2)CC1=O. The number of likely N-dealkylation sites (N-methyl/N-ethyl adjacent to an activating group) is 1. The highest BCUT2D eigenvalue weighted by molar-refractivity contribution is 5.84. The largest absolute Gasteiger partial charge is 0.381 e. The first-order chi connectivity index (χ1) is 12.2. The van der Waals surface area contributed by atoms with E-state index < -0.39 is 0 Å². The predicted octanol–water partition coefficient (Wildman–Crippen LogP) is 0.751. The third-order valence-corrected chi connectivity index (χ3v) is 5.66. The molecule has 1 atom stereocenters. The highest BCUT2D eigenvalue weighted by Gasteiger charge is 2.28. The quantitative estimate of drug-likeness (QED) is 0.811. The van der Waals surface area contributed by atoms with Crippen molar-refractivity contribution in [3.05, 3.63) is 0 Å². The van der Waals surface area contributed by atoms with Gasteiger partial charge in [0, 0.05) is 51.9 Å². The van der Waals surface area contributed by atoms with Crippen LogP contribution in [-0.4, -0.2) is 91.7 Å². The first-order valence-corrected chi connectivity index (χ1v) is 9.79. The first kappa shape index (κ1) is 18.5. The predicted molar refractivity (Wildman–Crippen MR) is 95.4 cm³/mol. The van der Waals surface area contributed by atoms with E-state index >= 15 is 0 Å². The molecule has 25 heavy (non-hydrogen) atoms. The van der Waals surface area contributed by atoms with Crippen LogP contribution in [0.15, 0.2) is 0 Å². The van der Waals surface area contributed by atoms with E-state index in [-0.39, 0.29) is 24.5 Å². The second-order valence-electron chi connectivity index (χ2n) is 7.50. The maximum absolute atomic E-state index is 12.5. The molecule has 0 unspecified atom stereocenters. The molecule has 1 N–H and O–H groups in total. The van der Waals surface area contributed by atoms with E-state index in [0.29, 0.717) is 12.5 Å². The molecule has 3 aliphatic rings. The average Bonchev–Trinajstić information content (AvgIpc) is 3.04. The van der Waals surface area contributed by atoms with E-state index in [1.165, 1.54) is 6.42 Å². The van der Waals surface area contributed by atoms with Crippen LogP contribution in [0, 0.1) is 5.92 Å². The zero-order chi connectivity index (χ0) is 17.6. The molecule has 3 saturated heterocycles. The molecular formula is C18H32N4O3. The van der Waals surface area contributed by atoms with Crippen LogP contribution in [0.3, 0.4) is 0 Å². The lowest BCUT2D eigenvalue weighted by atomic mass is 10.0. The molecule has 3 amide bonds. The summed E-state index contributed by atoms with van der Waals surface area (Å²) in [6.45, 7) is 9.31. The van der Waals surface area contributed by atoms with Crippen LogP contribution in [0.25, 0.3) is 0 Å². The van der Waals surface area contributed by atoms with E-state index in [2.05, 4.69) is 10.2 Å². The number of nitrogens with one attached hydrogen (secondary N) is 1. The van der Waals surface area contributed by atoms with Crippen LogP contribution in [0.4, 0.5) is 4.79 Å². The Hall–Kier alpha value is -1.34. The molecule has 7 nitrogen and oxygen atoms in total. The molecule has 3 rings (SSSR count). The van der Waals surface area contributed by atoms with Gasteiger partial charge in [0.25, 0.3) is 0 Å². The maximum Gasteiger partial charge on any atom is 0.318 e. The van der Waals surface area contributed by atoms with E-state index in [1.807, 2.05) is 11.8 Å². The summed E-state index contributed by atoms with van der Waals surface area (Å²) >= 11 is 0. The number of hydrogen-bond acceptors (Lipinski definition) is 4. The van der Waals surface area contributed by atoms with Crippen LogP contribution < -0.4 is 5.32 Å². The van der Waals surface area contributed by atoms with E-state index in [1.54, 1.807) is 4.90 Å². The van der Waals surface area contributed by atoms with Gasteiger partial charge in [-0.1, -0.05) is 0 Å². The number of urea groups is 1. The van der Waals surface area contributed by atoms with Gasteiger partial charge in [0.2, 0.25) is 5.91 Å². The monoisotopic (exact) mass is 352 g/mol. The van der Waals surface area contributed by atoms with Crippen molar-refractivity contribution in [2.75, 3.05) is 59.0 Å². The number of carbonyl (C=O) groups excluding carboxylic acids is 2. The van der Waals surface area contributed by atoms with Crippen molar-refractivity contribution < 1.29 is 14.3 Å². The van der Waals surface area contributed by atoms with Crippen LogP contribution in [0.1, 0.15) is 32.6 Å². The Bertz CT molecular complexity index is 459. The zero-order valence-corrected chi connectivity index (χ0v) is 15.4. The molecule has 0 saturated carbocycles. The van der Waals surface area contributed by atoms with Gasteiger partial charge >= 0.3 is 6.03 Å². The fourth-order valence-corrected chi connectivity index (χ4v) is 4.05. The molecule has 0 aliphatic carbocycles. The molecule has 142 valence electrons. The van der Waals surface area contributed by atoms with E-state index in [4.69, 9.17) is 4.74 Å². The minimum atomic E-state index is -0.0751. The summed E-state index contributed by atoms with van der Waals surface area (Å²) in [6, 6.07) is 0.151. The third-order valence-electron chi connectivity index (χ3n) is 5.66. The fraction of sp³-hybridized carbons (Fsp3) is 0.889. The van der Waals surface area contributed by atoms with Crippen molar-refractivity contribution >= 4 is 11.9 Å². The number of amides is 3. The third kappa shape index (κ3) is 5.07. The number of carbonyl (C=O) groups is 2. The Kier molecular flexibility index (Phi) is 6.53. The number of ether oxygens (including phenoxy) is 1. The molecule has 3 fully saturated rings. The zero-order valence-electron chi connectivity index (χ0n) is 15.4. The minimum Gasteiger partial charge on any atom is -0.381 e. The Morgan fingerprint density at radius 3 is 2.68 bits per heavy atom. The number of piperidine rings is 1. The van der Waals surface area contributed by atoms with Gasteiger partial charge < -0.3 is 24.8 Å². The van der Waals surface area contributed by atoms with E-state index in [0.717, 1.165) is 65.2 Å². The molecule has 0 spiro atoms. The van der Waals surface area contributed by atoms with Crippen molar-refractivity contribution in [2.45, 2.75) is 38.6 Å². The van der Waals surface area contributed by atoms with Crippen molar-refractivity contribution in [2.24, 2.45) is 5.92 Å².